The average molecular weight is 387 g/mol. The minimum Gasteiger partial charge on any atom is -0.379 e. The molecule has 0 atom stereocenters. The van der Waals surface area contributed by atoms with E-state index in [9.17, 15) is 0 Å². The zero-order chi connectivity index (χ0) is 13.6. The van der Waals surface area contributed by atoms with Gasteiger partial charge in [-0.2, -0.15) is 0 Å². The van der Waals surface area contributed by atoms with Gasteiger partial charge in [0.25, 0.3) is 0 Å². The van der Waals surface area contributed by atoms with E-state index >= 15 is 0 Å². The summed E-state index contributed by atoms with van der Waals surface area (Å²) in [5, 5.41) is 0. The monoisotopic (exact) mass is 387 g/mol. The van der Waals surface area contributed by atoms with Crippen molar-refractivity contribution in [1.29, 1.82) is 0 Å². The zero-order valence-corrected chi connectivity index (χ0v) is 14.9. The number of hydrogen-bond donors (Lipinski definition) is 1. The number of nitrogens with zero attached hydrogens (tertiary/aromatic N) is 2. The molecule has 0 saturated carbocycles. The van der Waals surface area contributed by atoms with Crippen molar-refractivity contribution in [3.8, 4) is 0 Å². The number of guanidine groups is 1. The maximum Gasteiger partial charge on any atom is 0.191 e. The second-order valence-electron chi connectivity index (χ2n) is 3.99. The van der Waals surface area contributed by atoms with Gasteiger partial charge in [0.2, 0.25) is 0 Å². The lowest BCUT2D eigenvalue weighted by molar-refractivity contribution is 0.0497. The number of hydrogen-bond acceptors (Lipinski definition) is 3. The molecule has 0 fully saturated rings. The minimum atomic E-state index is 0. The molecule has 0 saturated heterocycles. The van der Waals surface area contributed by atoms with Crippen LogP contribution in [0.2, 0.25) is 0 Å². The van der Waals surface area contributed by atoms with Crippen molar-refractivity contribution in [2.75, 3.05) is 46.1 Å². The van der Waals surface area contributed by atoms with Crippen LogP contribution in [-0.4, -0.2) is 56.9 Å². The third kappa shape index (κ3) is 12.7. The Bertz CT molecular complexity index is 212. The predicted molar refractivity (Wildman–Crippen MR) is 91.4 cm³/mol. The molecule has 5 nitrogen and oxygen atoms in total. The highest BCUT2D eigenvalue weighted by Gasteiger charge is 2.00. The van der Waals surface area contributed by atoms with Gasteiger partial charge in [-0.1, -0.05) is 13.3 Å². The third-order valence-corrected chi connectivity index (χ3v) is 2.61. The predicted octanol–water partition coefficient (Wildman–Crippen LogP) is 2.09. The summed E-state index contributed by atoms with van der Waals surface area (Å²) in [6.45, 7) is 11.4. The maximum absolute atomic E-state index is 5.83. The molecule has 0 aromatic carbocycles. The normalized spacial score (nSPS) is 11.2. The molecule has 0 aliphatic rings. The molecule has 116 valence electrons. The van der Waals surface area contributed by atoms with Crippen LogP contribution in [0.4, 0.5) is 0 Å². The summed E-state index contributed by atoms with van der Waals surface area (Å²) in [5.41, 5.74) is 5.83. The smallest absolute Gasteiger partial charge is 0.191 e. The standard InChI is InChI=1S/C13H29N3O2.HI/c1-4-7-9-17-11-12-18-10-8-15-13(14)16(5-2)6-3;/h4-12H2,1-3H3,(H2,14,15);1H. The van der Waals surface area contributed by atoms with E-state index in [1.54, 1.807) is 0 Å². The van der Waals surface area contributed by atoms with Gasteiger partial charge in [0.05, 0.1) is 26.4 Å². The number of ether oxygens (including phenoxy) is 2. The molecule has 0 aromatic rings. The molecule has 0 rings (SSSR count). The molecule has 0 bridgehead atoms. The largest absolute Gasteiger partial charge is 0.379 e. The van der Waals surface area contributed by atoms with Crippen LogP contribution in [0.3, 0.4) is 0 Å². The summed E-state index contributed by atoms with van der Waals surface area (Å²) in [6.07, 6.45) is 2.28. The molecule has 0 radical (unpaired) electrons. The number of unbranched alkanes of at least 4 members (excludes halogenated alkanes) is 1. The van der Waals surface area contributed by atoms with E-state index < -0.39 is 0 Å². The van der Waals surface area contributed by atoms with Gasteiger partial charge in [-0.3, -0.25) is 4.99 Å². The van der Waals surface area contributed by atoms with Gasteiger partial charge in [-0.25, -0.2) is 0 Å². The molecule has 2 N–H and O–H groups in total. The lowest BCUT2D eigenvalue weighted by atomic mass is 10.4. The molecule has 6 heteroatoms. The Kier molecular flexibility index (Phi) is 17.8. The first-order valence-corrected chi connectivity index (χ1v) is 6.96. The van der Waals surface area contributed by atoms with Crippen molar-refractivity contribution in [3.05, 3.63) is 0 Å². The minimum absolute atomic E-state index is 0. The van der Waals surface area contributed by atoms with Crippen LogP contribution in [0.5, 0.6) is 0 Å². The highest BCUT2D eigenvalue weighted by atomic mass is 127. The molecular formula is C13H30IN3O2. The van der Waals surface area contributed by atoms with Crippen LogP contribution in [-0.2, 0) is 9.47 Å². The molecule has 0 aliphatic carbocycles. The third-order valence-electron chi connectivity index (χ3n) is 2.61. The average Bonchev–Trinajstić information content (AvgIpc) is 2.38. The highest BCUT2D eigenvalue weighted by Crippen LogP contribution is 1.89. The fourth-order valence-corrected chi connectivity index (χ4v) is 1.44. The quantitative estimate of drug-likeness (QED) is 0.255. The summed E-state index contributed by atoms with van der Waals surface area (Å²) in [4.78, 5) is 6.29. The van der Waals surface area contributed by atoms with Crippen LogP contribution in [0, 0.1) is 0 Å². The van der Waals surface area contributed by atoms with Gasteiger partial charge < -0.3 is 20.1 Å². The van der Waals surface area contributed by atoms with E-state index in [1.165, 1.54) is 6.42 Å². The van der Waals surface area contributed by atoms with Crippen molar-refractivity contribution in [2.45, 2.75) is 33.6 Å². The Balaban J connectivity index is 0. The number of rotatable bonds is 11. The molecule has 0 spiro atoms. The Morgan fingerprint density at radius 2 is 1.58 bits per heavy atom. The second-order valence-corrected chi connectivity index (χ2v) is 3.99. The van der Waals surface area contributed by atoms with Crippen molar-refractivity contribution in [2.24, 2.45) is 10.7 Å². The second kappa shape index (κ2) is 16.0. The first kappa shape index (κ1) is 21.2. The fourth-order valence-electron chi connectivity index (χ4n) is 1.44. The van der Waals surface area contributed by atoms with Gasteiger partial charge in [0.1, 0.15) is 0 Å². The highest BCUT2D eigenvalue weighted by molar-refractivity contribution is 14.0. The molecule has 0 unspecified atom stereocenters. The molecule has 0 aromatic heterocycles. The number of halogens is 1. The summed E-state index contributed by atoms with van der Waals surface area (Å²) in [5.74, 6) is 0.600. The summed E-state index contributed by atoms with van der Waals surface area (Å²) in [6, 6.07) is 0. The van der Waals surface area contributed by atoms with Crippen molar-refractivity contribution in [3.63, 3.8) is 0 Å². The topological polar surface area (TPSA) is 60.1 Å². The van der Waals surface area contributed by atoms with E-state index in [0.29, 0.717) is 32.3 Å². The van der Waals surface area contributed by atoms with Crippen LogP contribution in [0.25, 0.3) is 0 Å². The molecule has 19 heavy (non-hydrogen) atoms. The Morgan fingerprint density at radius 3 is 2.11 bits per heavy atom. The maximum atomic E-state index is 5.83. The van der Waals surface area contributed by atoms with E-state index in [0.717, 1.165) is 26.1 Å². The molecular weight excluding hydrogens is 357 g/mol. The van der Waals surface area contributed by atoms with Crippen molar-refractivity contribution >= 4 is 29.9 Å². The number of nitrogens with two attached hydrogens (primary N) is 1. The molecule has 0 aliphatic heterocycles. The van der Waals surface area contributed by atoms with Gasteiger partial charge in [-0.05, 0) is 20.3 Å². The van der Waals surface area contributed by atoms with Crippen molar-refractivity contribution in [1.82, 2.24) is 4.90 Å². The van der Waals surface area contributed by atoms with E-state index in [2.05, 4.69) is 25.8 Å². The zero-order valence-electron chi connectivity index (χ0n) is 12.6. The van der Waals surface area contributed by atoms with Gasteiger partial charge >= 0.3 is 0 Å². The van der Waals surface area contributed by atoms with Crippen LogP contribution < -0.4 is 5.73 Å². The van der Waals surface area contributed by atoms with Crippen LogP contribution in [0.15, 0.2) is 4.99 Å². The lowest BCUT2D eigenvalue weighted by Crippen LogP contribution is -2.37. The summed E-state index contributed by atoms with van der Waals surface area (Å²) in [7, 11) is 0. The fraction of sp³-hybridized carbons (Fsp3) is 0.923. The lowest BCUT2D eigenvalue weighted by Gasteiger charge is -2.19. The summed E-state index contributed by atoms with van der Waals surface area (Å²) >= 11 is 0. The van der Waals surface area contributed by atoms with Gasteiger partial charge in [0, 0.05) is 19.7 Å². The molecule has 0 amide bonds. The van der Waals surface area contributed by atoms with Crippen molar-refractivity contribution < 1.29 is 9.47 Å². The van der Waals surface area contributed by atoms with Gasteiger partial charge in [-0.15, -0.1) is 24.0 Å². The van der Waals surface area contributed by atoms with E-state index in [1.807, 2.05) is 4.90 Å². The molecule has 0 heterocycles. The van der Waals surface area contributed by atoms with Gasteiger partial charge in [0.15, 0.2) is 5.96 Å². The first-order chi connectivity index (χ1) is 8.76. The Hall–Kier alpha value is -0.0800. The van der Waals surface area contributed by atoms with Crippen LogP contribution in [0.1, 0.15) is 33.6 Å². The first-order valence-electron chi connectivity index (χ1n) is 6.96. The Labute approximate surface area is 134 Å². The van der Waals surface area contributed by atoms with Crippen LogP contribution >= 0.6 is 24.0 Å². The van der Waals surface area contributed by atoms with E-state index in [-0.39, 0.29) is 24.0 Å². The summed E-state index contributed by atoms with van der Waals surface area (Å²) < 4.78 is 10.8. The van der Waals surface area contributed by atoms with E-state index in [4.69, 9.17) is 15.2 Å². The number of aliphatic imine (C=N–C) groups is 1. The Morgan fingerprint density at radius 1 is 1.00 bits per heavy atom. The SMILES string of the molecule is CCCCOCCOCCN=C(N)N(CC)CC.I.